The van der Waals surface area contributed by atoms with Crippen LogP contribution in [0.1, 0.15) is 10.4 Å². The quantitative estimate of drug-likeness (QED) is 0.0360. The number of hydrogen-bond acceptors (Lipinski definition) is 2. The Labute approximate surface area is 397 Å². The molecule has 0 atom stereocenters. The van der Waals surface area contributed by atoms with Gasteiger partial charge in [0.15, 0.2) is 76.0 Å². The maximum absolute atomic E-state index is 15.4. The van der Waals surface area contributed by atoms with E-state index < -0.39 is 144 Å². The summed E-state index contributed by atoms with van der Waals surface area (Å²) in [4.78, 5) is 12.7. The van der Waals surface area contributed by atoms with Gasteiger partial charge in [-0.2, -0.15) is 4.57 Å². The van der Waals surface area contributed by atoms with Crippen molar-refractivity contribution in [2.24, 2.45) is 0 Å². The van der Waals surface area contributed by atoms with Crippen LogP contribution in [0, 0.1) is 116 Å². The monoisotopic (exact) mass is 1100 g/mol. The number of ketones is 1. The molecule has 72 heavy (non-hydrogen) atoms. The van der Waals surface area contributed by atoms with Crippen LogP contribution < -0.4 is 31.2 Å². The lowest BCUT2D eigenvalue weighted by atomic mass is 9.12. The van der Waals surface area contributed by atoms with Crippen LogP contribution in [0.2, 0.25) is 0 Å². The van der Waals surface area contributed by atoms with Crippen LogP contribution in [0.25, 0.3) is 10.8 Å². The smallest absolute Gasteiger partial charge is 0.381 e. The van der Waals surface area contributed by atoms with E-state index in [0.717, 1.165) is 21.0 Å². The third-order valence-corrected chi connectivity index (χ3v) is 11.6. The van der Waals surface area contributed by atoms with Crippen LogP contribution in [0.15, 0.2) is 95.6 Å². The first-order valence-electron chi connectivity index (χ1n) is 19.6. The van der Waals surface area contributed by atoms with Gasteiger partial charge in [0.25, 0.3) is 0 Å². The molecule has 0 saturated heterocycles. The van der Waals surface area contributed by atoms with Crippen molar-refractivity contribution in [1.82, 2.24) is 0 Å². The van der Waals surface area contributed by atoms with Crippen LogP contribution in [0.5, 0.6) is 11.6 Å². The van der Waals surface area contributed by atoms with Crippen molar-refractivity contribution in [3.05, 3.63) is 218 Å². The molecule has 3 nitrogen and oxygen atoms in total. The standard InChI is InChI=1S/C24BF20.C23H17BrNO2/c26-5-1(6(27)14(35)21(42)13(5)34)25(2-7(28)15(36)22(43)16(37)8(2)29,3-9(30)17(38)23(44)18(39)10(3)31)4-11(32)19(40)24(45)20(41)12(4)33;24-19-10-12-20(13-11-19)27-23-21-9-5-4-6-17(21)14-15-25(23)16-22(26)18-7-2-1-3-8-18/h;1-15H,16H2/q-1;+1. The Morgan fingerprint density at radius 1 is 0.403 bits per heavy atom. The van der Waals surface area contributed by atoms with Gasteiger partial charge >= 0.3 is 5.88 Å². The van der Waals surface area contributed by atoms with E-state index in [1.54, 1.807) is 0 Å². The molecule has 0 aliphatic rings. The Kier molecular flexibility index (Phi) is 14.5. The highest BCUT2D eigenvalue weighted by Crippen LogP contribution is 2.32. The number of halogens is 21. The number of fused-ring (bicyclic) bond motifs is 1. The van der Waals surface area contributed by atoms with Crippen molar-refractivity contribution >= 4 is 60.5 Å². The molecule has 0 N–H and O–H groups in total. The predicted molar refractivity (Wildman–Crippen MR) is 218 cm³/mol. The van der Waals surface area contributed by atoms with Gasteiger partial charge in [-0.15, -0.1) is 21.9 Å². The van der Waals surface area contributed by atoms with Crippen molar-refractivity contribution in [2.75, 3.05) is 0 Å². The number of hydrogen-bond donors (Lipinski definition) is 0. The van der Waals surface area contributed by atoms with Gasteiger partial charge in [-0.25, -0.2) is 87.8 Å². The molecule has 8 rings (SSSR count). The topological polar surface area (TPSA) is 30.2 Å². The fourth-order valence-corrected chi connectivity index (χ4v) is 8.09. The molecule has 0 amide bonds. The molecule has 0 radical (unpaired) electrons. The number of carbonyl (C=O) groups excluding carboxylic acids is 1. The first-order valence-corrected chi connectivity index (χ1v) is 20.4. The van der Waals surface area contributed by atoms with E-state index in [0.29, 0.717) is 11.4 Å². The predicted octanol–water partition coefficient (Wildman–Crippen LogP) is 11.4. The largest absolute Gasteiger partial charge is 0.405 e. The maximum Gasteiger partial charge on any atom is 0.381 e. The number of pyridine rings is 1. The lowest BCUT2D eigenvalue weighted by Gasteiger charge is -2.44. The summed E-state index contributed by atoms with van der Waals surface area (Å²) >= 11 is 3.44. The first kappa shape index (κ1) is 52.4. The molecule has 0 aliphatic heterocycles. The minimum absolute atomic E-state index is 0.0385. The second-order valence-corrected chi connectivity index (χ2v) is 15.9. The van der Waals surface area contributed by atoms with E-state index in [2.05, 4.69) is 15.9 Å². The summed E-state index contributed by atoms with van der Waals surface area (Å²) in [6.45, 7) is 0.209. The number of rotatable bonds is 9. The molecule has 0 aliphatic carbocycles. The molecule has 0 bridgehead atoms. The Bertz CT molecular complexity index is 3130. The molecule has 0 fully saturated rings. The Hall–Kier alpha value is -7.44. The van der Waals surface area contributed by atoms with Crippen LogP contribution in [-0.2, 0) is 6.54 Å². The lowest BCUT2D eigenvalue weighted by molar-refractivity contribution is -0.685. The van der Waals surface area contributed by atoms with Gasteiger partial charge in [-0.1, -0.05) is 64.5 Å². The molecule has 7 aromatic carbocycles. The van der Waals surface area contributed by atoms with E-state index >= 15 is 35.1 Å². The summed E-state index contributed by atoms with van der Waals surface area (Å²) in [5.41, 5.74) is -13.6. The summed E-state index contributed by atoms with van der Waals surface area (Å²) in [6, 6.07) is 27.0. The van der Waals surface area contributed by atoms with E-state index in [-0.39, 0.29) is 12.3 Å². The maximum atomic E-state index is 15.4. The zero-order valence-electron chi connectivity index (χ0n) is 34.6. The zero-order valence-corrected chi connectivity index (χ0v) is 36.2. The summed E-state index contributed by atoms with van der Waals surface area (Å²) < 4.78 is 303. The van der Waals surface area contributed by atoms with Gasteiger partial charge in [0.2, 0.25) is 12.3 Å². The number of ether oxygens (including phenoxy) is 1. The van der Waals surface area contributed by atoms with Crippen molar-refractivity contribution in [1.29, 1.82) is 0 Å². The molecule has 372 valence electrons. The van der Waals surface area contributed by atoms with E-state index in [1.807, 2.05) is 95.7 Å². The first-order chi connectivity index (χ1) is 33.9. The fourth-order valence-electron chi connectivity index (χ4n) is 7.83. The van der Waals surface area contributed by atoms with Gasteiger partial charge in [0, 0.05) is 16.1 Å². The van der Waals surface area contributed by atoms with E-state index in [1.165, 1.54) is 0 Å². The molecule has 0 saturated carbocycles. The minimum Gasteiger partial charge on any atom is -0.405 e. The molecule has 0 unspecified atom stereocenters. The highest BCUT2D eigenvalue weighted by atomic mass is 79.9. The van der Waals surface area contributed by atoms with Gasteiger partial charge in [-0.3, -0.25) is 4.79 Å². The highest BCUT2D eigenvalue weighted by Gasteiger charge is 2.52. The second-order valence-electron chi connectivity index (χ2n) is 15.0. The molecular weight excluding hydrogens is 1080 g/mol. The van der Waals surface area contributed by atoms with Gasteiger partial charge in [0.05, 0.1) is 5.39 Å². The minimum atomic E-state index is -7.22. The van der Waals surface area contributed by atoms with E-state index in [4.69, 9.17) is 4.74 Å². The lowest BCUT2D eigenvalue weighted by Crippen LogP contribution is -2.81. The SMILES string of the molecule is Fc1c(F)c(F)c([B-](c2c(F)c(F)c(F)c(F)c2F)(c2c(F)c(F)c(F)c(F)c2F)c2c(F)c(F)c(F)c(F)c2F)c(F)c1F.O=C(C[n+]1ccc2ccccc2c1Oc1ccc(Br)cc1)c1ccccc1. The summed E-state index contributed by atoms with van der Waals surface area (Å²) in [7, 11) is 0. The van der Waals surface area contributed by atoms with Gasteiger partial charge in [0.1, 0.15) is 58.4 Å². The molecule has 0 spiro atoms. The molecule has 1 aromatic heterocycles. The van der Waals surface area contributed by atoms with Crippen molar-refractivity contribution < 1.29 is 102 Å². The van der Waals surface area contributed by atoms with Crippen LogP contribution in [0.3, 0.4) is 0 Å². The Morgan fingerprint density at radius 3 is 1.08 bits per heavy atom. The molecule has 8 aromatic rings. The number of Topliss-reactive ketones (excluding diaryl/α,β-unsaturated/α-hetero) is 1. The van der Waals surface area contributed by atoms with Crippen molar-refractivity contribution in [3.63, 3.8) is 0 Å². The van der Waals surface area contributed by atoms with Crippen molar-refractivity contribution in [3.8, 4) is 11.6 Å². The third kappa shape index (κ3) is 8.55. The summed E-state index contributed by atoms with van der Waals surface area (Å²) in [5.74, 6) is -70.0. The van der Waals surface area contributed by atoms with Gasteiger partial charge in [-0.05, 0) is 35.7 Å². The van der Waals surface area contributed by atoms with Crippen LogP contribution in [-0.4, -0.2) is 11.9 Å². The van der Waals surface area contributed by atoms with Crippen LogP contribution >= 0.6 is 15.9 Å². The molecule has 1 heterocycles. The second kappa shape index (κ2) is 20.0. The number of benzene rings is 7. The fraction of sp³-hybridized carbons (Fsp3) is 0.0213. The Morgan fingerprint density at radius 2 is 0.722 bits per heavy atom. The number of nitrogens with zero attached hydrogens (tertiary/aromatic N) is 1. The average Bonchev–Trinajstić information content (AvgIpc) is 3.37. The Balaban J connectivity index is 0.000000238. The van der Waals surface area contributed by atoms with E-state index in [9.17, 15) is 57.5 Å². The third-order valence-electron chi connectivity index (χ3n) is 11.0. The van der Waals surface area contributed by atoms with Gasteiger partial charge < -0.3 is 4.74 Å². The molecular formula is C47H17BBrF20NO2. The summed E-state index contributed by atoms with van der Waals surface area (Å²) in [6.07, 6.45) is -5.32. The molecule has 25 heteroatoms. The number of carbonyl (C=O) groups is 1. The zero-order chi connectivity index (χ0) is 53.0. The summed E-state index contributed by atoms with van der Waals surface area (Å²) in [5, 5.41) is 2.02. The highest BCUT2D eigenvalue weighted by molar-refractivity contribution is 9.10. The normalized spacial score (nSPS) is 11.5. The average molecular weight is 1100 g/mol. The van der Waals surface area contributed by atoms with Crippen molar-refractivity contribution in [2.45, 2.75) is 6.54 Å². The number of aromatic nitrogens is 1. The van der Waals surface area contributed by atoms with Crippen LogP contribution in [0.4, 0.5) is 87.8 Å².